The van der Waals surface area contributed by atoms with Crippen LogP contribution >= 0.6 is 0 Å². The number of aromatic carboxylic acids is 1. The SMILES string of the molecule is COc1cc(C(=O)O)ccc1S(=O)(=O)N1CCCC1(C)C. The van der Waals surface area contributed by atoms with Crippen LogP contribution in [0.4, 0.5) is 0 Å². The van der Waals surface area contributed by atoms with E-state index in [4.69, 9.17) is 9.84 Å². The van der Waals surface area contributed by atoms with Crippen LogP contribution in [-0.4, -0.2) is 43.0 Å². The van der Waals surface area contributed by atoms with E-state index >= 15 is 0 Å². The number of ether oxygens (including phenoxy) is 1. The van der Waals surface area contributed by atoms with Gasteiger partial charge in [0.1, 0.15) is 10.6 Å². The average Bonchev–Trinajstić information content (AvgIpc) is 2.78. The fourth-order valence-electron chi connectivity index (χ4n) is 2.66. The van der Waals surface area contributed by atoms with E-state index < -0.39 is 21.5 Å². The number of hydrogen-bond acceptors (Lipinski definition) is 4. The number of carbonyl (C=O) groups is 1. The summed E-state index contributed by atoms with van der Waals surface area (Å²) in [6.45, 7) is 4.23. The van der Waals surface area contributed by atoms with Crippen molar-refractivity contribution in [3.63, 3.8) is 0 Å². The smallest absolute Gasteiger partial charge is 0.335 e. The van der Waals surface area contributed by atoms with Crippen molar-refractivity contribution in [3.05, 3.63) is 23.8 Å². The summed E-state index contributed by atoms with van der Waals surface area (Å²) < 4.78 is 32.2. The van der Waals surface area contributed by atoms with Crippen molar-refractivity contribution in [2.45, 2.75) is 37.1 Å². The molecule has 6 nitrogen and oxygen atoms in total. The van der Waals surface area contributed by atoms with Crippen LogP contribution in [0.25, 0.3) is 0 Å². The fraction of sp³-hybridized carbons (Fsp3) is 0.500. The summed E-state index contributed by atoms with van der Waals surface area (Å²) in [7, 11) is -2.39. The van der Waals surface area contributed by atoms with Gasteiger partial charge in [-0.15, -0.1) is 0 Å². The Morgan fingerprint density at radius 3 is 2.52 bits per heavy atom. The molecule has 0 bridgehead atoms. The summed E-state index contributed by atoms with van der Waals surface area (Å²) >= 11 is 0. The van der Waals surface area contributed by atoms with Crippen LogP contribution < -0.4 is 4.74 Å². The third-order valence-corrected chi connectivity index (χ3v) is 5.95. The molecule has 0 radical (unpaired) electrons. The highest BCUT2D eigenvalue weighted by atomic mass is 32.2. The largest absolute Gasteiger partial charge is 0.495 e. The first-order chi connectivity index (χ1) is 9.70. The van der Waals surface area contributed by atoms with Gasteiger partial charge in [-0.05, 0) is 44.9 Å². The zero-order valence-electron chi connectivity index (χ0n) is 12.3. The maximum Gasteiger partial charge on any atom is 0.335 e. The highest BCUT2D eigenvalue weighted by Crippen LogP contribution is 2.37. The minimum absolute atomic E-state index is 0.00461. The summed E-state index contributed by atoms with van der Waals surface area (Å²) in [6.07, 6.45) is 1.60. The number of benzene rings is 1. The Bertz CT molecular complexity index is 666. The number of carboxylic acids is 1. The van der Waals surface area contributed by atoms with Crippen molar-refractivity contribution in [2.24, 2.45) is 0 Å². The average molecular weight is 313 g/mol. The Kier molecular flexibility index (Phi) is 3.99. The molecule has 1 saturated heterocycles. The molecule has 0 aromatic heterocycles. The number of rotatable bonds is 4. The first kappa shape index (κ1) is 15.8. The highest BCUT2D eigenvalue weighted by Gasteiger charge is 2.42. The van der Waals surface area contributed by atoms with Crippen molar-refractivity contribution in [2.75, 3.05) is 13.7 Å². The fourth-order valence-corrected chi connectivity index (χ4v) is 4.65. The topological polar surface area (TPSA) is 83.9 Å². The highest BCUT2D eigenvalue weighted by molar-refractivity contribution is 7.89. The Morgan fingerprint density at radius 2 is 2.05 bits per heavy atom. The van der Waals surface area contributed by atoms with E-state index in [-0.39, 0.29) is 16.2 Å². The molecule has 116 valence electrons. The van der Waals surface area contributed by atoms with E-state index in [0.717, 1.165) is 12.8 Å². The lowest BCUT2D eigenvalue weighted by molar-refractivity contribution is 0.0696. The minimum Gasteiger partial charge on any atom is -0.495 e. The molecule has 1 aromatic rings. The second-order valence-electron chi connectivity index (χ2n) is 5.66. The van der Waals surface area contributed by atoms with Gasteiger partial charge < -0.3 is 9.84 Å². The van der Waals surface area contributed by atoms with Crippen molar-refractivity contribution < 1.29 is 23.1 Å². The van der Waals surface area contributed by atoms with E-state index in [0.29, 0.717) is 6.54 Å². The van der Waals surface area contributed by atoms with Gasteiger partial charge in [-0.25, -0.2) is 13.2 Å². The summed E-state index contributed by atoms with van der Waals surface area (Å²) in [5.41, 5.74) is -0.457. The minimum atomic E-state index is -3.72. The third-order valence-electron chi connectivity index (χ3n) is 3.80. The summed E-state index contributed by atoms with van der Waals surface area (Å²) in [5.74, 6) is -1.07. The van der Waals surface area contributed by atoms with Gasteiger partial charge in [0.15, 0.2) is 0 Å². The first-order valence-corrected chi connectivity index (χ1v) is 8.08. The van der Waals surface area contributed by atoms with E-state index in [1.54, 1.807) is 0 Å². The third kappa shape index (κ3) is 2.75. The molecule has 1 aromatic carbocycles. The summed E-state index contributed by atoms with van der Waals surface area (Å²) in [4.78, 5) is 11.0. The molecule has 1 heterocycles. The second-order valence-corrected chi connectivity index (χ2v) is 7.49. The van der Waals surface area contributed by atoms with Crippen LogP contribution in [0.15, 0.2) is 23.1 Å². The van der Waals surface area contributed by atoms with Crippen LogP contribution in [0.3, 0.4) is 0 Å². The second kappa shape index (κ2) is 5.31. The number of nitrogens with zero attached hydrogens (tertiary/aromatic N) is 1. The molecule has 0 spiro atoms. The molecule has 0 unspecified atom stereocenters. The van der Waals surface area contributed by atoms with Crippen molar-refractivity contribution in [1.82, 2.24) is 4.31 Å². The number of carboxylic acid groups (broad SMARTS) is 1. The van der Waals surface area contributed by atoms with Gasteiger partial charge >= 0.3 is 5.97 Å². The Balaban J connectivity index is 2.52. The predicted molar refractivity (Wildman–Crippen MR) is 77.2 cm³/mol. The molecule has 0 aliphatic carbocycles. The predicted octanol–water partition coefficient (Wildman–Crippen LogP) is 1.96. The molecule has 0 saturated carbocycles. The molecule has 1 fully saturated rings. The van der Waals surface area contributed by atoms with E-state index in [2.05, 4.69) is 0 Å². The number of hydrogen-bond donors (Lipinski definition) is 1. The van der Waals surface area contributed by atoms with Gasteiger partial charge in [0.25, 0.3) is 0 Å². The standard InChI is InChI=1S/C14H19NO5S/c1-14(2)7-4-8-15(14)21(18,19)12-6-5-10(13(16)17)9-11(12)20-3/h5-6,9H,4,7-8H2,1-3H3,(H,16,17). The lowest BCUT2D eigenvalue weighted by Gasteiger charge is -2.31. The summed E-state index contributed by atoms with van der Waals surface area (Å²) in [6, 6.07) is 3.81. The molecule has 21 heavy (non-hydrogen) atoms. The first-order valence-electron chi connectivity index (χ1n) is 6.64. The number of sulfonamides is 1. The molecule has 1 N–H and O–H groups in total. The van der Waals surface area contributed by atoms with Crippen molar-refractivity contribution in [3.8, 4) is 5.75 Å². The Hall–Kier alpha value is -1.60. The van der Waals surface area contributed by atoms with Gasteiger partial charge in [0.2, 0.25) is 10.0 Å². The Morgan fingerprint density at radius 1 is 1.38 bits per heavy atom. The number of methoxy groups -OCH3 is 1. The molecule has 7 heteroatoms. The monoisotopic (exact) mass is 313 g/mol. The quantitative estimate of drug-likeness (QED) is 0.918. The lowest BCUT2D eigenvalue weighted by atomic mass is 10.0. The van der Waals surface area contributed by atoms with E-state index in [9.17, 15) is 13.2 Å². The van der Waals surface area contributed by atoms with Crippen LogP contribution in [0.5, 0.6) is 5.75 Å². The van der Waals surface area contributed by atoms with Gasteiger partial charge in [-0.2, -0.15) is 4.31 Å². The van der Waals surface area contributed by atoms with Crippen LogP contribution in [0.2, 0.25) is 0 Å². The van der Waals surface area contributed by atoms with E-state index in [1.807, 2.05) is 13.8 Å². The van der Waals surface area contributed by atoms with Gasteiger partial charge in [-0.1, -0.05) is 0 Å². The van der Waals surface area contributed by atoms with Crippen LogP contribution in [0, 0.1) is 0 Å². The zero-order chi connectivity index (χ0) is 15.8. The maximum absolute atomic E-state index is 12.8. The summed E-state index contributed by atoms with van der Waals surface area (Å²) in [5, 5.41) is 8.98. The van der Waals surface area contributed by atoms with Gasteiger partial charge in [0.05, 0.1) is 12.7 Å². The lowest BCUT2D eigenvalue weighted by Crippen LogP contribution is -2.42. The van der Waals surface area contributed by atoms with Gasteiger partial charge in [-0.3, -0.25) is 0 Å². The Labute approximate surface area is 124 Å². The molecular weight excluding hydrogens is 294 g/mol. The molecular formula is C14H19NO5S. The molecule has 0 amide bonds. The maximum atomic E-state index is 12.8. The van der Waals surface area contributed by atoms with E-state index in [1.165, 1.54) is 29.6 Å². The zero-order valence-corrected chi connectivity index (χ0v) is 13.1. The molecule has 2 rings (SSSR count). The molecule has 1 aliphatic rings. The van der Waals surface area contributed by atoms with Crippen molar-refractivity contribution >= 4 is 16.0 Å². The van der Waals surface area contributed by atoms with Crippen molar-refractivity contribution in [1.29, 1.82) is 0 Å². The van der Waals surface area contributed by atoms with Crippen LogP contribution in [0.1, 0.15) is 37.0 Å². The van der Waals surface area contributed by atoms with Gasteiger partial charge in [0, 0.05) is 12.1 Å². The normalized spacial score (nSPS) is 18.6. The van der Waals surface area contributed by atoms with Crippen LogP contribution in [-0.2, 0) is 10.0 Å². The molecule has 0 atom stereocenters. The molecule has 1 aliphatic heterocycles.